The molecule has 0 saturated heterocycles. The van der Waals surface area contributed by atoms with E-state index in [4.69, 9.17) is 9.84 Å². The summed E-state index contributed by atoms with van der Waals surface area (Å²) in [5, 5.41) is 16.8. The van der Waals surface area contributed by atoms with Gasteiger partial charge in [-0.1, -0.05) is 38.6 Å². The van der Waals surface area contributed by atoms with E-state index in [2.05, 4.69) is 22.5 Å². The average Bonchev–Trinajstić information content (AvgIpc) is 2.64. The first-order valence-electron chi connectivity index (χ1n) is 8.63. The monoisotopic (exact) mass is 377 g/mol. The van der Waals surface area contributed by atoms with Gasteiger partial charge in [0.05, 0.1) is 6.61 Å². The average molecular weight is 377 g/mol. The van der Waals surface area contributed by atoms with Crippen molar-refractivity contribution in [2.75, 3.05) is 11.9 Å². The Morgan fingerprint density at radius 3 is 2.26 bits per heavy atom. The van der Waals surface area contributed by atoms with Gasteiger partial charge in [-0.2, -0.15) is 0 Å². The van der Waals surface area contributed by atoms with E-state index in [0.29, 0.717) is 5.69 Å². The molecule has 0 aliphatic carbocycles. The Hall–Kier alpha value is -2.87. The number of amides is 3. The van der Waals surface area contributed by atoms with E-state index in [9.17, 15) is 14.4 Å². The predicted octanol–water partition coefficient (Wildman–Crippen LogP) is 1.56. The smallest absolute Gasteiger partial charge is 0.408 e. The Morgan fingerprint density at radius 1 is 1.11 bits per heavy atom. The number of aliphatic hydroxyl groups is 1. The van der Waals surface area contributed by atoms with Crippen LogP contribution in [0.1, 0.15) is 26.3 Å². The summed E-state index contributed by atoms with van der Waals surface area (Å²) in [7, 11) is 0. The second-order valence-electron chi connectivity index (χ2n) is 6.33. The molecule has 4 N–H and O–H groups in total. The second-order valence-corrected chi connectivity index (χ2v) is 6.33. The molecule has 3 amide bonds. The minimum Gasteiger partial charge on any atom is -0.445 e. The summed E-state index contributed by atoms with van der Waals surface area (Å²) in [6.45, 7) is 8.48. The fourth-order valence-corrected chi connectivity index (χ4v) is 2.15. The third kappa shape index (κ3) is 7.49. The van der Waals surface area contributed by atoms with Crippen LogP contribution in [0.5, 0.6) is 0 Å². The maximum atomic E-state index is 12.4. The van der Waals surface area contributed by atoms with Crippen molar-refractivity contribution < 1.29 is 24.2 Å². The highest BCUT2D eigenvalue weighted by molar-refractivity contribution is 5.98. The summed E-state index contributed by atoms with van der Waals surface area (Å²) >= 11 is 0. The molecular formula is C19H27N3O5. The molecule has 27 heavy (non-hydrogen) atoms. The number of ether oxygens (including phenoxy) is 1. The van der Waals surface area contributed by atoms with Crippen LogP contribution in [0.3, 0.4) is 0 Å². The first kappa shape index (κ1) is 22.2. The van der Waals surface area contributed by atoms with E-state index in [1.165, 1.54) is 6.08 Å². The van der Waals surface area contributed by atoms with Gasteiger partial charge in [-0.3, -0.25) is 9.59 Å². The summed E-state index contributed by atoms with van der Waals surface area (Å²) in [6.07, 6.45) is 0.689. The number of anilines is 1. The highest BCUT2D eigenvalue weighted by atomic mass is 16.5. The van der Waals surface area contributed by atoms with Crippen LogP contribution in [-0.2, 0) is 20.9 Å². The summed E-state index contributed by atoms with van der Waals surface area (Å²) < 4.78 is 4.83. The van der Waals surface area contributed by atoms with Gasteiger partial charge in [0.25, 0.3) is 0 Å². The molecular weight excluding hydrogens is 350 g/mol. The van der Waals surface area contributed by atoms with E-state index in [1.807, 2.05) is 0 Å². The fraction of sp³-hybridized carbons (Fsp3) is 0.421. The Morgan fingerprint density at radius 2 is 1.74 bits per heavy atom. The molecule has 8 nitrogen and oxygen atoms in total. The molecule has 0 fully saturated rings. The molecule has 0 aliphatic rings. The number of alkyl carbamates (subject to hydrolysis) is 1. The number of aliphatic hydroxyl groups excluding tert-OH is 1. The standard InChI is InChI=1S/C19H27N3O5/c1-5-10-27-19(26)22-16(12(2)3)18(25)20-13(4)17(24)21-15-8-6-14(11-23)7-9-15/h5-9,12-13,16,23H,1,10-11H2,2-4H3,(H,20,25)(H,21,24)(H,22,26)/t13?,16-/m0/s1. The topological polar surface area (TPSA) is 117 Å². The fourth-order valence-electron chi connectivity index (χ4n) is 2.15. The van der Waals surface area contributed by atoms with Gasteiger partial charge in [-0.25, -0.2) is 4.79 Å². The van der Waals surface area contributed by atoms with E-state index < -0.39 is 30.0 Å². The van der Waals surface area contributed by atoms with Gasteiger partial charge in [0.1, 0.15) is 18.7 Å². The third-order valence-electron chi connectivity index (χ3n) is 3.71. The molecule has 148 valence electrons. The number of nitrogens with one attached hydrogen (secondary N) is 3. The molecule has 1 aromatic carbocycles. The van der Waals surface area contributed by atoms with Crippen molar-refractivity contribution in [3.05, 3.63) is 42.5 Å². The number of carbonyl (C=O) groups is 3. The minimum absolute atomic E-state index is 0.0339. The van der Waals surface area contributed by atoms with Crippen LogP contribution in [0, 0.1) is 5.92 Å². The lowest BCUT2D eigenvalue weighted by atomic mass is 10.0. The van der Waals surface area contributed by atoms with Crippen molar-refractivity contribution in [3.8, 4) is 0 Å². The van der Waals surface area contributed by atoms with Crippen LogP contribution in [0.2, 0.25) is 0 Å². The normalized spacial score (nSPS) is 12.6. The third-order valence-corrected chi connectivity index (χ3v) is 3.71. The number of hydrogen-bond acceptors (Lipinski definition) is 5. The number of hydrogen-bond donors (Lipinski definition) is 4. The lowest BCUT2D eigenvalue weighted by molar-refractivity contribution is -0.128. The van der Waals surface area contributed by atoms with Crippen LogP contribution >= 0.6 is 0 Å². The Labute approximate surface area is 159 Å². The van der Waals surface area contributed by atoms with Crippen molar-refractivity contribution in [2.45, 2.75) is 39.5 Å². The van der Waals surface area contributed by atoms with Crippen molar-refractivity contribution in [3.63, 3.8) is 0 Å². The number of benzene rings is 1. The van der Waals surface area contributed by atoms with Crippen LogP contribution in [0.4, 0.5) is 10.5 Å². The van der Waals surface area contributed by atoms with E-state index in [1.54, 1.807) is 45.0 Å². The zero-order valence-corrected chi connectivity index (χ0v) is 15.8. The first-order valence-corrected chi connectivity index (χ1v) is 8.63. The summed E-state index contributed by atoms with van der Waals surface area (Å²) in [6, 6.07) is 5.03. The van der Waals surface area contributed by atoms with Crippen LogP contribution in [0.15, 0.2) is 36.9 Å². The van der Waals surface area contributed by atoms with E-state index in [0.717, 1.165) is 5.56 Å². The molecule has 0 heterocycles. The molecule has 8 heteroatoms. The highest BCUT2D eigenvalue weighted by Gasteiger charge is 2.27. The molecule has 0 spiro atoms. The Kier molecular flexibility index (Phi) is 9.01. The molecule has 0 aliphatic heterocycles. The maximum Gasteiger partial charge on any atom is 0.408 e. The molecule has 2 atom stereocenters. The largest absolute Gasteiger partial charge is 0.445 e. The molecule has 0 saturated carbocycles. The van der Waals surface area contributed by atoms with Gasteiger partial charge in [0.15, 0.2) is 0 Å². The summed E-state index contributed by atoms with van der Waals surface area (Å²) in [5.41, 5.74) is 1.27. The minimum atomic E-state index is -0.846. The highest BCUT2D eigenvalue weighted by Crippen LogP contribution is 2.10. The molecule has 1 rings (SSSR count). The molecule has 0 radical (unpaired) electrons. The molecule has 0 bridgehead atoms. The Bertz CT molecular complexity index is 658. The predicted molar refractivity (Wildman–Crippen MR) is 102 cm³/mol. The second kappa shape index (κ2) is 11.0. The quantitative estimate of drug-likeness (QED) is 0.487. The number of rotatable bonds is 9. The lowest BCUT2D eigenvalue weighted by Gasteiger charge is -2.23. The van der Waals surface area contributed by atoms with Crippen molar-refractivity contribution in [2.24, 2.45) is 5.92 Å². The van der Waals surface area contributed by atoms with Crippen LogP contribution in [0.25, 0.3) is 0 Å². The van der Waals surface area contributed by atoms with Crippen molar-refractivity contribution in [1.82, 2.24) is 10.6 Å². The van der Waals surface area contributed by atoms with Gasteiger partial charge < -0.3 is 25.8 Å². The van der Waals surface area contributed by atoms with Crippen LogP contribution in [-0.4, -0.2) is 41.7 Å². The van der Waals surface area contributed by atoms with Crippen LogP contribution < -0.4 is 16.0 Å². The molecule has 1 aromatic rings. The summed E-state index contributed by atoms with van der Waals surface area (Å²) in [4.78, 5) is 36.4. The van der Waals surface area contributed by atoms with Crippen molar-refractivity contribution >= 4 is 23.6 Å². The van der Waals surface area contributed by atoms with E-state index >= 15 is 0 Å². The zero-order chi connectivity index (χ0) is 20.4. The zero-order valence-electron chi connectivity index (χ0n) is 15.8. The van der Waals surface area contributed by atoms with Gasteiger partial charge in [-0.05, 0) is 30.5 Å². The first-order chi connectivity index (χ1) is 12.8. The number of carbonyl (C=O) groups excluding carboxylic acids is 3. The van der Waals surface area contributed by atoms with Gasteiger partial charge in [0.2, 0.25) is 11.8 Å². The van der Waals surface area contributed by atoms with Gasteiger partial charge in [-0.15, -0.1) is 0 Å². The van der Waals surface area contributed by atoms with E-state index in [-0.39, 0.29) is 19.1 Å². The SMILES string of the molecule is C=CCOC(=O)N[C@H](C(=O)NC(C)C(=O)Nc1ccc(CO)cc1)C(C)C. The van der Waals surface area contributed by atoms with Crippen molar-refractivity contribution in [1.29, 1.82) is 0 Å². The maximum absolute atomic E-state index is 12.4. The lowest BCUT2D eigenvalue weighted by Crippen LogP contribution is -2.53. The molecule has 1 unspecified atom stereocenters. The summed E-state index contributed by atoms with van der Waals surface area (Å²) in [5.74, 6) is -1.10. The van der Waals surface area contributed by atoms with Gasteiger partial charge in [0, 0.05) is 5.69 Å². The molecule has 0 aromatic heterocycles. The Balaban J connectivity index is 2.63. The van der Waals surface area contributed by atoms with Gasteiger partial charge >= 0.3 is 6.09 Å².